The maximum absolute atomic E-state index is 12.4. The molecule has 0 aliphatic rings. The van der Waals surface area contributed by atoms with Crippen LogP contribution >= 0.6 is 11.6 Å². The molecule has 6 heteroatoms. The summed E-state index contributed by atoms with van der Waals surface area (Å²) in [4.78, 5) is 3.84. The van der Waals surface area contributed by atoms with Crippen molar-refractivity contribution >= 4 is 21.7 Å². The van der Waals surface area contributed by atoms with Gasteiger partial charge in [0.15, 0.2) is 0 Å². The van der Waals surface area contributed by atoms with Gasteiger partial charge in [-0.2, -0.15) is 8.42 Å². The van der Waals surface area contributed by atoms with E-state index < -0.39 is 10.1 Å². The molecule has 0 saturated heterocycles. The van der Waals surface area contributed by atoms with Crippen LogP contribution < -0.4 is 4.18 Å². The second-order valence-corrected chi connectivity index (χ2v) is 7.45. The van der Waals surface area contributed by atoms with Gasteiger partial charge in [-0.15, -0.1) is 0 Å². The molecule has 118 valence electrons. The first-order valence-electron chi connectivity index (χ1n) is 6.87. The van der Waals surface area contributed by atoms with Crippen LogP contribution in [-0.4, -0.2) is 13.4 Å². The van der Waals surface area contributed by atoms with E-state index in [1.54, 1.807) is 19.1 Å². The molecule has 0 fully saturated rings. The van der Waals surface area contributed by atoms with Crippen molar-refractivity contribution < 1.29 is 12.6 Å². The molecule has 1 heterocycles. The van der Waals surface area contributed by atoms with Crippen LogP contribution in [0.4, 0.5) is 0 Å². The topological polar surface area (TPSA) is 56.3 Å². The van der Waals surface area contributed by atoms with Crippen molar-refractivity contribution in [2.45, 2.75) is 38.5 Å². The highest BCUT2D eigenvalue weighted by molar-refractivity contribution is 7.87. The number of hydrogen-bond acceptors (Lipinski definition) is 4. The molecule has 0 aliphatic heterocycles. The summed E-state index contributed by atoms with van der Waals surface area (Å²) < 4.78 is 29.9. The Morgan fingerprint density at radius 2 is 1.82 bits per heavy atom. The Bertz CT molecular complexity index is 801. The molecule has 0 N–H and O–H groups in total. The monoisotopic (exact) mass is 339 g/mol. The molecule has 1 aromatic carbocycles. The van der Waals surface area contributed by atoms with Crippen LogP contribution in [0, 0.1) is 13.8 Å². The van der Waals surface area contributed by atoms with E-state index in [-0.39, 0.29) is 16.0 Å². The number of nitrogens with zero attached hydrogens (tertiary/aromatic N) is 1. The van der Waals surface area contributed by atoms with Gasteiger partial charge < -0.3 is 4.18 Å². The molecule has 0 unspecified atom stereocenters. The molecular formula is C16H18ClNO3S. The molecular weight excluding hydrogens is 322 g/mol. The smallest absolute Gasteiger partial charge is 0.340 e. The summed E-state index contributed by atoms with van der Waals surface area (Å²) in [7, 11) is -3.93. The van der Waals surface area contributed by atoms with E-state index in [1.807, 2.05) is 26.8 Å². The van der Waals surface area contributed by atoms with Crippen LogP contribution in [0.3, 0.4) is 0 Å². The molecule has 0 saturated carbocycles. The summed E-state index contributed by atoms with van der Waals surface area (Å²) >= 11 is 5.82. The third kappa shape index (κ3) is 3.78. The van der Waals surface area contributed by atoms with Crippen molar-refractivity contribution in [3.63, 3.8) is 0 Å². The summed E-state index contributed by atoms with van der Waals surface area (Å²) in [6, 6.07) is 6.90. The standard InChI is InChI=1S/C16H18ClNO3S/c1-10(2)13-5-11(3)6-14(8-13)21-22(19,20)15-7-12(4)16(17)18-9-15/h5-10H,1-4H3. The number of benzene rings is 1. The lowest BCUT2D eigenvalue weighted by atomic mass is 10.0. The third-order valence-corrected chi connectivity index (χ3v) is 4.83. The minimum Gasteiger partial charge on any atom is -0.379 e. The van der Waals surface area contributed by atoms with Crippen molar-refractivity contribution in [3.8, 4) is 5.75 Å². The SMILES string of the molecule is Cc1cc(OS(=O)(=O)c2cnc(Cl)c(C)c2)cc(C(C)C)c1. The highest BCUT2D eigenvalue weighted by atomic mass is 35.5. The van der Waals surface area contributed by atoms with Crippen LogP contribution in [0.2, 0.25) is 5.15 Å². The zero-order valence-electron chi connectivity index (χ0n) is 12.9. The molecule has 0 atom stereocenters. The largest absolute Gasteiger partial charge is 0.379 e. The van der Waals surface area contributed by atoms with Crippen LogP contribution in [-0.2, 0) is 10.1 Å². The quantitative estimate of drug-likeness (QED) is 0.617. The summed E-state index contributed by atoms with van der Waals surface area (Å²) in [5, 5.41) is 0.275. The van der Waals surface area contributed by atoms with Crippen molar-refractivity contribution in [1.29, 1.82) is 0 Å². The minimum atomic E-state index is -3.93. The summed E-state index contributed by atoms with van der Waals surface area (Å²) in [5.41, 5.74) is 2.55. The predicted octanol–water partition coefficient (Wildman–Crippen LogP) is 4.24. The molecule has 22 heavy (non-hydrogen) atoms. The average molecular weight is 340 g/mol. The number of halogens is 1. The van der Waals surface area contributed by atoms with E-state index in [0.29, 0.717) is 11.3 Å². The van der Waals surface area contributed by atoms with Gasteiger partial charge in [0.25, 0.3) is 0 Å². The van der Waals surface area contributed by atoms with E-state index in [2.05, 4.69) is 4.98 Å². The highest BCUT2D eigenvalue weighted by Gasteiger charge is 2.19. The molecule has 2 rings (SSSR count). The van der Waals surface area contributed by atoms with Crippen LogP contribution in [0.25, 0.3) is 0 Å². The van der Waals surface area contributed by atoms with Crippen molar-refractivity contribution in [3.05, 3.63) is 52.3 Å². The number of aryl methyl sites for hydroxylation is 2. The van der Waals surface area contributed by atoms with E-state index in [4.69, 9.17) is 15.8 Å². The Hall–Kier alpha value is -1.59. The number of hydrogen-bond donors (Lipinski definition) is 0. The van der Waals surface area contributed by atoms with Crippen LogP contribution in [0.5, 0.6) is 5.75 Å². The lowest BCUT2D eigenvalue weighted by molar-refractivity contribution is 0.485. The van der Waals surface area contributed by atoms with Gasteiger partial charge in [-0.3, -0.25) is 0 Å². The molecule has 0 aliphatic carbocycles. The highest BCUT2D eigenvalue weighted by Crippen LogP contribution is 2.26. The molecule has 2 aromatic rings. The van der Waals surface area contributed by atoms with Gasteiger partial charge in [0.1, 0.15) is 15.8 Å². The van der Waals surface area contributed by atoms with Gasteiger partial charge in [-0.05, 0) is 54.7 Å². The van der Waals surface area contributed by atoms with Gasteiger partial charge in [0.2, 0.25) is 0 Å². The van der Waals surface area contributed by atoms with Crippen molar-refractivity contribution in [2.24, 2.45) is 0 Å². The van der Waals surface area contributed by atoms with E-state index in [9.17, 15) is 8.42 Å². The molecule has 0 spiro atoms. The van der Waals surface area contributed by atoms with E-state index in [0.717, 1.165) is 11.1 Å². The zero-order valence-corrected chi connectivity index (χ0v) is 14.5. The summed E-state index contributed by atoms with van der Waals surface area (Å²) in [6.07, 6.45) is 1.20. The second kappa shape index (κ2) is 6.26. The van der Waals surface area contributed by atoms with Gasteiger partial charge >= 0.3 is 10.1 Å². The summed E-state index contributed by atoms with van der Waals surface area (Å²) in [5.74, 6) is 0.584. The normalized spacial score (nSPS) is 11.7. The van der Waals surface area contributed by atoms with Gasteiger partial charge in [0.05, 0.1) is 6.20 Å². The van der Waals surface area contributed by atoms with Gasteiger partial charge in [-0.25, -0.2) is 4.98 Å². The Morgan fingerprint density at radius 3 is 2.41 bits per heavy atom. The predicted molar refractivity (Wildman–Crippen MR) is 87.1 cm³/mol. The molecule has 1 aromatic heterocycles. The zero-order chi connectivity index (χ0) is 16.5. The maximum atomic E-state index is 12.4. The fourth-order valence-corrected chi connectivity index (χ4v) is 3.05. The second-order valence-electron chi connectivity index (χ2n) is 5.55. The van der Waals surface area contributed by atoms with Gasteiger partial charge in [-0.1, -0.05) is 31.5 Å². The molecule has 4 nitrogen and oxygen atoms in total. The fraction of sp³-hybridized carbons (Fsp3) is 0.312. The molecule has 0 amide bonds. The van der Waals surface area contributed by atoms with Crippen LogP contribution in [0.15, 0.2) is 35.4 Å². The van der Waals surface area contributed by atoms with Crippen molar-refractivity contribution in [2.75, 3.05) is 0 Å². The van der Waals surface area contributed by atoms with Crippen LogP contribution in [0.1, 0.15) is 36.5 Å². The Kier molecular flexibility index (Phi) is 4.78. The summed E-state index contributed by atoms with van der Waals surface area (Å²) in [6.45, 7) is 7.68. The lowest BCUT2D eigenvalue weighted by Crippen LogP contribution is -2.11. The maximum Gasteiger partial charge on any atom is 0.340 e. The lowest BCUT2D eigenvalue weighted by Gasteiger charge is -2.12. The molecule has 0 bridgehead atoms. The Morgan fingerprint density at radius 1 is 1.14 bits per heavy atom. The van der Waals surface area contributed by atoms with E-state index >= 15 is 0 Å². The Labute approximate surface area is 136 Å². The van der Waals surface area contributed by atoms with E-state index in [1.165, 1.54) is 12.3 Å². The van der Waals surface area contributed by atoms with Gasteiger partial charge in [0, 0.05) is 0 Å². The number of aromatic nitrogens is 1. The first kappa shape index (κ1) is 16.8. The first-order chi connectivity index (χ1) is 10.2. The number of pyridine rings is 1. The number of rotatable bonds is 4. The fourth-order valence-electron chi connectivity index (χ4n) is 2.00. The third-order valence-electron chi connectivity index (χ3n) is 3.22. The van der Waals surface area contributed by atoms with Crippen molar-refractivity contribution in [1.82, 2.24) is 4.98 Å². The average Bonchev–Trinajstić information content (AvgIpc) is 2.40. The first-order valence-corrected chi connectivity index (χ1v) is 8.66. The molecule has 0 radical (unpaired) electrons. The minimum absolute atomic E-state index is 0.0120. The Balaban J connectivity index is 2.38.